The van der Waals surface area contributed by atoms with Crippen LogP contribution in [0.15, 0.2) is 34.2 Å². The Balaban J connectivity index is 1.87. The maximum absolute atomic E-state index is 12.6. The van der Waals surface area contributed by atoms with E-state index in [0.717, 1.165) is 37.6 Å². The Morgan fingerprint density at radius 1 is 1.30 bits per heavy atom. The molecule has 8 nitrogen and oxygen atoms in total. The smallest absolute Gasteiger partial charge is 0.243 e. The van der Waals surface area contributed by atoms with E-state index < -0.39 is 10.0 Å². The van der Waals surface area contributed by atoms with E-state index in [9.17, 15) is 8.42 Å². The van der Waals surface area contributed by atoms with Crippen LogP contribution < -0.4 is 5.32 Å². The first-order valence-corrected chi connectivity index (χ1v) is 11.8. The number of nitrogens with zero attached hydrogens (tertiary/aromatic N) is 3. The molecule has 0 spiro atoms. The SMILES string of the molecule is CN=C(NCc1ccc(S(=O)(=O)N(C)C(C)C)cc1)N1CCC(COCCOC)C1. The van der Waals surface area contributed by atoms with E-state index in [1.165, 1.54) is 4.31 Å². The van der Waals surface area contributed by atoms with Gasteiger partial charge in [0, 0.05) is 52.8 Å². The second-order valence-corrected chi connectivity index (χ2v) is 9.83. The zero-order valence-electron chi connectivity index (χ0n) is 18.8. The van der Waals surface area contributed by atoms with Crippen LogP contribution in [0.1, 0.15) is 25.8 Å². The first kappa shape index (κ1) is 24.6. The zero-order chi connectivity index (χ0) is 22.1. The number of guanidine groups is 1. The molecule has 0 bridgehead atoms. The van der Waals surface area contributed by atoms with Crippen molar-refractivity contribution in [3.8, 4) is 0 Å². The molecule has 0 saturated carbocycles. The summed E-state index contributed by atoms with van der Waals surface area (Å²) in [6.45, 7) is 8.12. The van der Waals surface area contributed by atoms with E-state index in [4.69, 9.17) is 9.47 Å². The molecule has 1 heterocycles. The van der Waals surface area contributed by atoms with E-state index in [2.05, 4.69) is 15.2 Å². The topological polar surface area (TPSA) is 83.5 Å². The molecule has 1 aromatic carbocycles. The molecule has 0 radical (unpaired) electrons. The molecular weight excluding hydrogens is 404 g/mol. The van der Waals surface area contributed by atoms with Crippen LogP contribution in [0.2, 0.25) is 0 Å². The van der Waals surface area contributed by atoms with Gasteiger partial charge in [0.05, 0.1) is 24.7 Å². The molecule has 2 rings (SSSR count). The van der Waals surface area contributed by atoms with E-state index in [1.54, 1.807) is 33.3 Å². The first-order valence-electron chi connectivity index (χ1n) is 10.4. The lowest BCUT2D eigenvalue weighted by Gasteiger charge is -2.22. The van der Waals surface area contributed by atoms with Gasteiger partial charge in [-0.2, -0.15) is 4.31 Å². The maximum Gasteiger partial charge on any atom is 0.243 e. The van der Waals surface area contributed by atoms with Crippen molar-refractivity contribution in [2.24, 2.45) is 10.9 Å². The summed E-state index contributed by atoms with van der Waals surface area (Å²) in [4.78, 5) is 6.94. The lowest BCUT2D eigenvalue weighted by molar-refractivity contribution is 0.0536. The number of aliphatic imine (C=N–C) groups is 1. The molecule has 1 N–H and O–H groups in total. The molecule has 1 unspecified atom stereocenters. The number of benzene rings is 1. The van der Waals surface area contributed by atoms with Gasteiger partial charge in [0.1, 0.15) is 0 Å². The lowest BCUT2D eigenvalue weighted by atomic mass is 10.1. The van der Waals surface area contributed by atoms with Gasteiger partial charge in [-0.1, -0.05) is 12.1 Å². The minimum absolute atomic E-state index is 0.0886. The number of nitrogens with one attached hydrogen (secondary N) is 1. The van der Waals surface area contributed by atoms with E-state index >= 15 is 0 Å². The molecule has 1 aromatic rings. The van der Waals surface area contributed by atoms with Gasteiger partial charge in [-0.3, -0.25) is 4.99 Å². The van der Waals surface area contributed by atoms with Crippen molar-refractivity contribution in [1.29, 1.82) is 0 Å². The molecule has 1 atom stereocenters. The summed E-state index contributed by atoms with van der Waals surface area (Å²) in [6, 6.07) is 6.93. The summed E-state index contributed by atoms with van der Waals surface area (Å²) in [5.74, 6) is 1.34. The van der Waals surface area contributed by atoms with Crippen molar-refractivity contribution in [3.05, 3.63) is 29.8 Å². The van der Waals surface area contributed by atoms with Crippen LogP contribution in [-0.2, 0) is 26.0 Å². The highest BCUT2D eigenvalue weighted by Gasteiger charge is 2.25. The molecular formula is C21H36N4O4S. The predicted octanol–water partition coefficient (Wildman–Crippen LogP) is 1.78. The third kappa shape index (κ3) is 6.66. The van der Waals surface area contributed by atoms with Crippen molar-refractivity contribution in [2.75, 3.05) is 54.1 Å². The van der Waals surface area contributed by atoms with Gasteiger partial charge in [-0.15, -0.1) is 0 Å². The minimum Gasteiger partial charge on any atom is -0.382 e. The Morgan fingerprint density at radius 3 is 2.60 bits per heavy atom. The minimum atomic E-state index is -3.46. The molecule has 0 aliphatic carbocycles. The Kier molecular flexibility index (Phi) is 9.54. The Morgan fingerprint density at radius 2 is 2.00 bits per heavy atom. The van der Waals surface area contributed by atoms with Gasteiger partial charge >= 0.3 is 0 Å². The lowest BCUT2D eigenvalue weighted by Crippen LogP contribution is -2.39. The van der Waals surface area contributed by atoms with Crippen LogP contribution in [-0.4, -0.2) is 83.7 Å². The van der Waals surface area contributed by atoms with Crippen LogP contribution >= 0.6 is 0 Å². The van der Waals surface area contributed by atoms with Crippen LogP contribution in [0.5, 0.6) is 0 Å². The number of likely N-dealkylation sites (tertiary alicyclic amines) is 1. The Labute approximate surface area is 181 Å². The zero-order valence-corrected chi connectivity index (χ0v) is 19.6. The van der Waals surface area contributed by atoms with Crippen LogP contribution in [0.4, 0.5) is 0 Å². The van der Waals surface area contributed by atoms with Gasteiger partial charge in [0.15, 0.2) is 5.96 Å². The highest BCUT2D eigenvalue weighted by Crippen LogP contribution is 2.18. The highest BCUT2D eigenvalue weighted by molar-refractivity contribution is 7.89. The van der Waals surface area contributed by atoms with Crippen molar-refractivity contribution in [1.82, 2.24) is 14.5 Å². The monoisotopic (exact) mass is 440 g/mol. The molecule has 0 amide bonds. The predicted molar refractivity (Wildman–Crippen MR) is 119 cm³/mol. The standard InChI is InChI=1S/C21H36N4O4S/c1-17(2)24(4)30(26,27)20-8-6-18(7-9-20)14-23-21(22-3)25-11-10-19(15-25)16-29-13-12-28-5/h6-9,17,19H,10-16H2,1-5H3,(H,22,23). The maximum atomic E-state index is 12.6. The third-order valence-corrected chi connectivity index (χ3v) is 7.41. The quantitative estimate of drug-likeness (QED) is 0.339. The van der Waals surface area contributed by atoms with Gasteiger partial charge in [0.2, 0.25) is 10.0 Å². The second-order valence-electron chi connectivity index (χ2n) is 7.83. The van der Waals surface area contributed by atoms with Crippen LogP contribution in [0, 0.1) is 5.92 Å². The first-order chi connectivity index (χ1) is 14.3. The van der Waals surface area contributed by atoms with Crippen molar-refractivity contribution in [2.45, 2.75) is 37.8 Å². The Hall–Kier alpha value is -1.68. The van der Waals surface area contributed by atoms with E-state index in [1.807, 2.05) is 26.0 Å². The molecule has 1 aliphatic heterocycles. The molecule has 9 heteroatoms. The number of hydrogen-bond donors (Lipinski definition) is 1. The summed E-state index contributed by atoms with van der Waals surface area (Å²) in [5, 5.41) is 3.38. The fourth-order valence-electron chi connectivity index (χ4n) is 3.29. The van der Waals surface area contributed by atoms with Gasteiger partial charge in [-0.05, 0) is 38.0 Å². The van der Waals surface area contributed by atoms with Crippen LogP contribution in [0.25, 0.3) is 0 Å². The summed E-state index contributed by atoms with van der Waals surface area (Å²) >= 11 is 0. The number of methoxy groups -OCH3 is 1. The average molecular weight is 441 g/mol. The fraction of sp³-hybridized carbons (Fsp3) is 0.667. The third-order valence-electron chi connectivity index (χ3n) is 5.36. The summed E-state index contributed by atoms with van der Waals surface area (Å²) in [6.07, 6.45) is 1.07. The summed E-state index contributed by atoms with van der Waals surface area (Å²) < 4.78 is 37.2. The summed E-state index contributed by atoms with van der Waals surface area (Å²) in [7, 11) is 1.60. The molecule has 1 fully saturated rings. The summed E-state index contributed by atoms with van der Waals surface area (Å²) in [5.41, 5.74) is 1.00. The van der Waals surface area contributed by atoms with Gasteiger partial charge in [-0.25, -0.2) is 8.42 Å². The number of ether oxygens (including phenoxy) is 2. The average Bonchev–Trinajstić information content (AvgIpc) is 3.20. The number of hydrogen-bond acceptors (Lipinski definition) is 5. The molecule has 1 aliphatic rings. The highest BCUT2D eigenvalue weighted by atomic mass is 32.2. The fourth-order valence-corrected chi connectivity index (χ4v) is 4.66. The number of rotatable bonds is 10. The normalized spacial score (nSPS) is 17.9. The second kappa shape index (κ2) is 11.6. The molecule has 1 saturated heterocycles. The Bertz CT molecular complexity index is 781. The van der Waals surface area contributed by atoms with Crippen LogP contribution in [0.3, 0.4) is 0 Å². The van der Waals surface area contributed by atoms with E-state index in [0.29, 0.717) is 30.6 Å². The molecule has 0 aromatic heterocycles. The van der Waals surface area contributed by atoms with Crippen molar-refractivity contribution in [3.63, 3.8) is 0 Å². The number of sulfonamides is 1. The van der Waals surface area contributed by atoms with Gasteiger partial charge < -0.3 is 19.7 Å². The van der Waals surface area contributed by atoms with Crippen molar-refractivity contribution < 1.29 is 17.9 Å². The largest absolute Gasteiger partial charge is 0.382 e. The van der Waals surface area contributed by atoms with E-state index in [-0.39, 0.29) is 6.04 Å². The molecule has 30 heavy (non-hydrogen) atoms. The molecule has 170 valence electrons. The van der Waals surface area contributed by atoms with Gasteiger partial charge in [0.25, 0.3) is 0 Å². The van der Waals surface area contributed by atoms with Crippen molar-refractivity contribution >= 4 is 16.0 Å².